The molecule has 0 spiro atoms. The quantitative estimate of drug-likeness (QED) is 0.859. The van der Waals surface area contributed by atoms with Crippen LogP contribution in [0.5, 0.6) is 0 Å². The normalized spacial score (nSPS) is 17.9. The first-order chi connectivity index (χ1) is 10.3. The molecular formula is C16H19N3OS. The number of nitrogens with one attached hydrogen (secondary N) is 1. The van der Waals surface area contributed by atoms with Crippen molar-refractivity contribution in [1.82, 2.24) is 9.97 Å². The average molecular weight is 301 g/mol. The molecule has 1 aliphatic heterocycles. The lowest BCUT2D eigenvalue weighted by Gasteiger charge is -2.10. The van der Waals surface area contributed by atoms with Crippen LogP contribution in [0.1, 0.15) is 23.6 Å². The van der Waals surface area contributed by atoms with Crippen LogP contribution in [0.2, 0.25) is 0 Å². The summed E-state index contributed by atoms with van der Waals surface area (Å²) in [4.78, 5) is 9.94. The molecule has 1 aromatic carbocycles. The van der Waals surface area contributed by atoms with Crippen molar-refractivity contribution in [2.45, 2.75) is 23.8 Å². The fourth-order valence-corrected chi connectivity index (χ4v) is 2.80. The van der Waals surface area contributed by atoms with Crippen molar-refractivity contribution in [3.05, 3.63) is 47.9 Å². The van der Waals surface area contributed by atoms with Gasteiger partial charge < -0.3 is 10.1 Å². The Labute approximate surface area is 129 Å². The van der Waals surface area contributed by atoms with Gasteiger partial charge in [0, 0.05) is 30.0 Å². The Morgan fingerprint density at radius 1 is 1.29 bits per heavy atom. The number of hydrogen-bond acceptors (Lipinski definition) is 5. The lowest BCUT2D eigenvalue weighted by atomic mass is 10.1. The Morgan fingerprint density at radius 3 is 2.86 bits per heavy atom. The molecule has 1 aromatic heterocycles. The van der Waals surface area contributed by atoms with Crippen LogP contribution in [-0.4, -0.2) is 29.4 Å². The summed E-state index contributed by atoms with van der Waals surface area (Å²) in [5, 5.41) is 3.36. The van der Waals surface area contributed by atoms with Crippen molar-refractivity contribution in [3.8, 4) is 0 Å². The third-order valence-corrected chi connectivity index (χ3v) is 4.41. The molecule has 2 aromatic rings. The summed E-state index contributed by atoms with van der Waals surface area (Å²) in [6, 6.07) is 10.6. The van der Waals surface area contributed by atoms with E-state index in [0.717, 1.165) is 37.7 Å². The van der Waals surface area contributed by atoms with Crippen molar-refractivity contribution >= 4 is 17.6 Å². The van der Waals surface area contributed by atoms with Gasteiger partial charge in [-0.3, -0.25) is 0 Å². The summed E-state index contributed by atoms with van der Waals surface area (Å²) < 4.78 is 5.42. The Hall–Kier alpha value is -1.59. The van der Waals surface area contributed by atoms with Gasteiger partial charge >= 0.3 is 0 Å². The molecule has 1 N–H and O–H groups in total. The molecule has 110 valence electrons. The lowest BCUT2D eigenvalue weighted by molar-refractivity contribution is 0.193. The van der Waals surface area contributed by atoms with Crippen LogP contribution < -0.4 is 5.32 Å². The first-order valence-electron chi connectivity index (χ1n) is 7.11. The molecule has 0 radical (unpaired) electrons. The Kier molecular flexibility index (Phi) is 4.72. The zero-order valence-corrected chi connectivity index (χ0v) is 12.9. The third-order valence-electron chi connectivity index (χ3n) is 3.67. The smallest absolute Gasteiger partial charge is 0.129 e. The van der Waals surface area contributed by atoms with E-state index in [0.29, 0.717) is 5.92 Å². The molecule has 0 aliphatic carbocycles. The first-order valence-corrected chi connectivity index (χ1v) is 8.34. The van der Waals surface area contributed by atoms with Crippen LogP contribution >= 0.6 is 11.8 Å². The van der Waals surface area contributed by atoms with E-state index in [4.69, 9.17) is 4.74 Å². The fourth-order valence-electron chi connectivity index (χ4n) is 2.40. The summed E-state index contributed by atoms with van der Waals surface area (Å²) >= 11 is 1.76. The summed E-state index contributed by atoms with van der Waals surface area (Å²) in [6.45, 7) is 2.37. The maximum absolute atomic E-state index is 5.42. The van der Waals surface area contributed by atoms with Crippen LogP contribution in [-0.2, 0) is 11.3 Å². The van der Waals surface area contributed by atoms with Gasteiger partial charge in [-0.15, -0.1) is 11.8 Å². The first kappa shape index (κ1) is 14.4. The predicted octanol–water partition coefficient (Wildman–Crippen LogP) is 3.31. The molecule has 5 heteroatoms. The number of rotatable bonds is 5. The van der Waals surface area contributed by atoms with Gasteiger partial charge in [-0.2, -0.15) is 0 Å². The number of nitrogens with zero attached hydrogens (tertiary/aromatic N) is 2. The number of anilines is 1. The Balaban J connectivity index is 1.62. The Morgan fingerprint density at radius 2 is 2.14 bits per heavy atom. The van der Waals surface area contributed by atoms with Crippen molar-refractivity contribution in [2.24, 2.45) is 0 Å². The highest BCUT2D eigenvalue weighted by atomic mass is 32.2. The van der Waals surface area contributed by atoms with Crippen LogP contribution in [0.25, 0.3) is 0 Å². The number of hydrogen-bond donors (Lipinski definition) is 1. The lowest BCUT2D eigenvalue weighted by Crippen LogP contribution is -2.06. The van der Waals surface area contributed by atoms with Gasteiger partial charge in [0.05, 0.1) is 12.3 Å². The van der Waals surface area contributed by atoms with Gasteiger partial charge in [-0.1, -0.05) is 12.1 Å². The zero-order chi connectivity index (χ0) is 14.5. The molecule has 0 bridgehead atoms. The average Bonchev–Trinajstić information content (AvgIpc) is 3.08. The summed E-state index contributed by atoms with van der Waals surface area (Å²) in [7, 11) is 0. The summed E-state index contributed by atoms with van der Waals surface area (Å²) in [6.07, 6.45) is 4.77. The number of aromatic nitrogens is 2. The van der Waals surface area contributed by atoms with E-state index < -0.39 is 0 Å². The molecule has 1 aliphatic rings. The number of ether oxygens (including phenoxy) is 1. The molecule has 0 saturated carbocycles. The number of thioether (sulfide) groups is 1. The maximum atomic E-state index is 5.42. The van der Waals surface area contributed by atoms with E-state index in [9.17, 15) is 0 Å². The molecule has 1 saturated heterocycles. The van der Waals surface area contributed by atoms with E-state index >= 15 is 0 Å². The van der Waals surface area contributed by atoms with Crippen molar-refractivity contribution in [2.75, 3.05) is 24.8 Å². The third kappa shape index (κ3) is 3.74. The fraction of sp³-hybridized carbons (Fsp3) is 0.375. The second kappa shape index (κ2) is 6.91. The highest BCUT2D eigenvalue weighted by Crippen LogP contribution is 2.24. The van der Waals surface area contributed by atoms with Crippen molar-refractivity contribution in [1.29, 1.82) is 0 Å². The molecule has 0 unspecified atom stereocenters. The molecule has 1 atom stereocenters. The van der Waals surface area contributed by atoms with Crippen molar-refractivity contribution in [3.63, 3.8) is 0 Å². The minimum absolute atomic E-state index is 0.411. The zero-order valence-electron chi connectivity index (χ0n) is 12.1. The largest absolute Gasteiger partial charge is 0.381 e. The monoisotopic (exact) mass is 301 g/mol. The topological polar surface area (TPSA) is 47.0 Å². The molecule has 1 fully saturated rings. The number of benzene rings is 1. The predicted molar refractivity (Wildman–Crippen MR) is 85.8 cm³/mol. The summed E-state index contributed by atoms with van der Waals surface area (Å²) in [5.74, 6) is 1.29. The van der Waals surface area contributed by atoms with Gasteiger partial charge in [0.15, 0.2) is 0 Å². The molecule has 21 heavy (non-hydrogen) atoms. The van der Waals surface area contributed by atoms with Crippen molar-refractivity contribution < 1.29 is 4.74 Å². The van der Waals surface area contributed by atoms with Gasteiger partial charge in [0.25, 0.3) is 0 Å². The summed E-state index contributed by atoms with van der Waals surface area (Å²) in [5.41, 5.74) is 2.32. The highest BCUT2D eigenvalue weighted by molar-refractivity contribution is 7.98. The minimum Gasteiger partial charge on any atom is -0.381 e. The van der Waals surface area contributed by atoms with Crippen LogP contribution in [0.4, 0.5) is 5.82 Å². The molecule has 0 amide bonds. The van der Waals surface area contributed by atoms with E-state index in [1.54, 1.807) is 18.1 Å². The van der Waals surface area contributed by atoms with Gasteiger partial charge in [-0.05, 0) is 30.4 Å². The van der Waals surface area contributed by atoms with Gasteiger partial charge in [0.2, 0.25) is 0 Å². The minimum atomic E-state index is 0.411. The SMILES string of the molecule is CSc1ccc(CNc2cc([C@H]3CCOC3)ncn2)cc1. The molecule has 4 nitrogen and oxygen atoms in total. The van der Waals surface area contributed by atoms with E-state index in [1.165, 1.54) is 10.5 Å². The second-order valence-corrected chi connectivity index (χ2v) is 5.97. The highest BCUT2D eigenvalue weighted by Gasteiger charge is 2.19. The van der Waals surface area contributed by atoms with E-state index in [2.05, 4.69) is 45.8 Å². The van der Waals surface area contributed by atoms with Crippen LogP contribution in [0.3, 0.4) is 0 Å². The molecular weight excluding hydrogens is 282 g/mol. The van der Waals surface area contributed by atoms with Crippen LogP contribution in [0.15, 0.2) is 41.6 Å². The van der Waals surface area contributed by atoms with Gasteiger partial charge in [-0.25, -0.2) is 9.97 Å². The second-order valence-electron chi connectivity index (χ2n) is 5.09. The molecule has 2 heterocycles. The molecule has 3 rings (SSSR count). The Bertz CT molecular complexity index is 582. The standard InChI is InChI=1S/C16H19N3OS/c1-21-14-4-2-12(3-5-14)9-17-16-8-15(18-11-19-16)13-6-7-20-10-13/h2-5,8,11,13H,6-7,9-10H2,1H3,(H,17,18,19)/t13-/m0/s1. The van der Waals surface area contributed by atoms with Gasteiger partial charge in [0.1, 0.15) is 12.1 Å². The van der Waals surface area contributed by atoms with E-state index in [1.807, 2.05) is 6.07 Å². The van der Waals surface area contributed by atoms with E-state index in [-0.39, 0.29) is 0 Å². The van der Waals surface area contributed by atoms with Crippen LogP contribution in [0, 0.1) is 0 Å². The maximum Gasteiger partial charge on any atom is 0.129 e.